The SMILES string of the molecule is CCNC(=O)C1(Cc2cccc(-c3ccncc3)c2)CCCN(C(=O)CC)C1. The van der Waals surface area contributed by atoms with Crippen LogP contribution in [0.1, 0.15) is 38.7 Å². The largest absolute Gasteiger partial charge is 0.356 e. The first-order valence-corrected chi connectivity index (χ1v) is 10.1. The lowest BCUT2D eigenvalue weighted by Crippen LogP contribution is -2.54. The Bertz CT molecular complexity index is 822. The third-order valence-corrected chi connectivity index (χ3v) is 5.53. The number of nitrogens with one attached hydrogen (secondary N) is 1. The van der Waals surface area contributed by atoms with Gasteiger partial charge in [0.05, 0.1) is 5.41 Å². The van der Waals surface area contributed by atoms with Crippen LogP contribution < -0.4 is 5.32 Å². The lowest BCUT2D eigenvalue weighted by Gasteiger charge is -2.42. The third-order valence-electron chi connectivity index (χ3n) is 5.53. The maximum Gasteiger partial charge on any atom is 0.228 e. The first-order valence-electron chi connectivity index (χ1n) is 10.1. The molecule has 5 nitrogen and oxygen atoms in total. The highest BCUT2D eigenvalue weighted by Crippen LogP contribution is 2.35. The number of benzene rings is 1. The van der Waals surface area contributed by atoms with E-state index in [-0.39, 0.29) is 11.8 Å². The van der Waals surface area contributed by atoms with Crippen LogP contribution in [-0.2, 0) is 16.0 Å². The van der Waals surface area contributed by atoms with E-state index in [0.29, 0.717) is 25.9 Å². The van der Waals surface area contributed by atoms with Crippen molar-refractivity contribution in [3.8, 4) is 11.1 Å². The highest BCUT2D eigenvalue weighted by molar-refractivity contribution is 5.85. The van der Waals surface area contributed by atoms with Crippen molar-refractivity contribution in [3.05, 3.63) is 54.4 Å². The molecule has 0 spiro atoms. The number of hydrogen-bond donors (Lipinski definition) is 1. The van der Waals surface area contributed by atoms with Gasteiger partial charge in [0.2, 0.25) is 11.8 Å². The van der Waals surface area contributed by atoms with E-state index >= 15 is 0 Å². The summed E-state index contributed by atoms with van der Waals surface area (Å²) < 4.78 is 0. The Balaban J connectivity index is 1.90. The average Bonchev–Trinajstić information content (AvgIpc) is 2.74. The standard InChI is InChI=1S/C23H29N3O2/c1-3-21(27)26-14-6-11-23(17-26,22(28)25-4-2)16-18-7-5-8-20(15-18)19-9-12-24-13-10-19/h5,7-10,12-13,15H,3-4,6,11,14,16-17H2,1-2H3,(H,25,28). The predicted octanol–water partition coefficient (Wildman–Crippen LogP) is 3.45. The van der Waals surface area contributed by atoms with E-state index in [1.165, 1.54) is 0 Å². The van der Waals surface area contributed by atoms with Gasteiger partial charge in [0.15, 0.2) is 0 Å². The molecule has 2 aromatic rings. The smallest absolute Gasteiger partial charge is 0.228 e. The fourth-order valence-corrected chi connectivity index (χ4v) is 4.12. The van der Waals surface area contributed by atoms with Crippen molar-refractivity contribution >= 4 is 11.8 Å². The number of likely N-dealkylation sites (tertiary alicyclic amines) is 1. The Kier molecular flexibility index (Phi) is 6.45. The van der Waals surface area contributed by atoms with Crippen molar-refractivity contribution in [2.45, 2.75) is 39.5 Å². The molecule has 3 rings (SSSR count). The Hall–Kier alpha value is -2.69. The number of hydrogen-bond acceptors (Lipinski definition) is 3. The van der Waals surface area contributed by atoms with Gasteiger partial charge in [-0.25, -0.2) is 0 Å². The molecule has 1 fully saturated rings. The summed E-state index contributed by atoms with van der Waals surface area (Å²) in [7, 11) is 0. The second kappa shape index (κ2) is 9.00. The number of carbonyl (C=O) groups excluding carboxylic acids is 2. The van der Waals surface area contributed by atoms with Gasteiger partial charge in [-0.05, 0) is 55.0 Å². The summed E-state index contributed by atoms with van der Waals surface area (Å²) in [6, 6.07) is 12.3. The van der Waals surface area contributed by atoms with Gasteiger partial charge in [-0.3, -0.25) is 14.6 Å². The third kappa shape index (κ3) is 4.41. The molecule has 2 heterocycles. The maximum atomic E-state index is 13.1. The summed E-state index contributed by atoms with van der Waals surface area (Å²) in [6.45, 7) is 5.64. The lowest BCUT2D eigenvalue weighted by atomic mass is 9.74. The summed E-state index contributed by atoms with van der Waals surface area (Å²) in [6.07, 6.45) is 6.33. The van der Waals surface area contributed by atoms with Crippen LogP contribution in [0.25, 0.3) is 11.1 Å². The number of nitrogens with zero attached hydrogens (tertiary/aromatic N) is 2. The molecule has 1 saturated heterocycles. The molecule has 1 aromatic heterocycles. The molecule has 1 N–H and O–H groups in total. The van der Waals surface area contributed by atoms with Crippen molar-refractivity contribution in [2.24, 2.45) is 5.41 Å². The molecule has 1 unspecified atom stereocenters. The van der Waals surface area contributed by atoms with E-state index in [2.05, 4.69) is 28.5 Å². The molecule has 148 valence electrons. The minimum atomic E-state index is -0.573. The summed E-state index contributed by atoms with van der Waals surface area (Å²) in [4.78, 5) is 31.3. The average molecular weight is 380 g/mol. The molecule has 1 aromatic carbocycles. The first-order chi connectivity index (χ1) is 13.6. The molecule has 0 saturated carbocycles. The van der Waals surface area contributed by atoms with Crippen LogP contribution in [-0.4, -0.2) is 41.3 Å². The van der Waals surface area contributed by atoms with Gasteiger partial charge in [-0.1, -0.05) is 31.2 Å². The fraction of sp³-hybridized carbons (Fsp3) is 0.435. The van der Waals surface area contributed by atoms with Gasteiger partial charge in [-0.15, -0.1) is 0 Å². The number of amides is 2. The van der Waals surface area contributed by atoms with Gasteiger partial charge < -0.3 is 10.2 Å². The predicted molar refractivity (Wildman–Crippen MR) is 111 cm³/mol. The normalized spacial score (nSPS) is 19.3. The highest BCUT2D eigenvalue weighted by atomic mass is 16.2. The topological polar surface area (TPSA) is 62.3 Å². The Morgan fingerprint density at radius 2 is 1.93 bits per heavy atom. The fourth-order valence-electron chi connectivity index (χ4n) is 4.12. The molecule has 0 radical (unpaired) electrons. The number of rotatable bonds is 6. The molecule has 0 bridgehead atoms. The van der Waals surface area contributed by atoms with Crippen LogP contribution in [0.15, 0.2) is 48.8 Å². The van der Waals surface area contributed by atoms with Crippen molar-refractivity contribution in [1.29, 1.82) is 0 Å². The number of carbonyl (C=O) groups is 2. The van der Waals surface area contributed by atoms with E-state index in [4.69, 9.17) is 0 Å². The van der Waals surface area contributed by atoms with Gasteiger partial charge >= 0.3 is 0 Å². The Labute approximate surface area is 167 Å². The summed E-state index contributed by atoms with van der Waals surface area (Å²) in [5, 5.41) is 3.01. The molecular formula is C23H29N3O2. The van der Waals surface area contributed by atoms with E-state index in [9.17, 15) is 9.59 Å². The first kappa shape index (κ1) is 20.1. The lowest BCUT2D eigenvalue weighted by molar-refractivity contribution is -0.141. The van der Waals surface area contributed by atoms with Gasteiger partial charge in [-0.2, -0.15) is 0 Å². The van der Waals surface area contributed by atoms with Crippen LogP contribution >= 0.6 is 0 Å². The Morgan fingerprint density at radius 3 is 2.64 bits per heavy atom. The van der Waals surface area contributed by atoms with Crippen molar-refractivity contribution in [1.82, 2.24) is 15.2 Å². The number of piperidine rings is 1. The van der Waals surface area contributed by atoms with E-state index in [1.54, 1.807) is 12.4 Å². The van der Waals surface area contributed by atoms with Crippen LogP contribution in [0, 0.1) is 5.41 Å². The molecule has 1 aliphatic heterocycles. The van der Waals surface area contributed by atoms with Gasteiger partial charge in [0.1, 0.15) is 0 Å². The molecule has 0 aliphatic carbocycles. The van der Waals surface area contributed by atoms with Crippen LogP contribution in [0.4, 0.5) is 0 Å². The van der Waals surface area contributed by atoms with Gasteiger partial charge in [0, 0.05) is 38.4 Å². The Morgan fingerprint density at radius 1 is 1.14 bits per heavy atom. The molecule has 1 atom stereocenters. The minimum Gasteiger partial charge on any atom is -0.356 e. The zero-order chi connectivity index (χ0) is 20.0. The second-order valence-corrected chi connectivity index (χ2v) is 7.53. The highest BCUT2D eigenvalue weighted by Gasteiger charge is 2.43. The summed E-state index contributed by atoms with van der Waals surface area (Å²) in [5.74, 6) is 0.178. The quantitative estimate of drug-likeness (QED) is 0.836. The molecular weight excluding hydrogens is 350 g/mol. The monoisotopic (exact) mass is 379 g/mol. The summed E-state index contributed by atoms with van der Waals surface area (Å²) in [5.41, 5.74) is 2.76. The zero-order valence-corrected chi connectivity index (χ0v) is 16.8. The van der Waals surface area contributed by atoms with Gasteiger partial charge in [0.25, 0.3) is 0 Å². The van der Waals surface area contributed by atoms with Crippen molar-refractivity contribution in [3.63, 3.8) is 0 Å². The summed E-state index contributed by atoms with van der Waals surface area (Å²) >= 11 is 0. The number of pyridine rings is 1. The van der Waals surface area contributed by atoms with E-state index in [1.807, 2.05) is 36.9 Å². The van der Waals surface area contributed by atoms with E-state index in [0.717, 1.165) is 36.1 Å². The van der Waals surface area contributed by atoms with Crippen molar-refractivity contribution in [2.75, 3.05) is 19.6 Å². The van der Waals surface area contributed by atoms with Crippen LogP contribution in [0.5, 0.6) is 0 Å². The molecule has 5 heteroatoms. The molecule has 2 amide bonds. The zero-order valence-electron chi connectivity index (χ0n) is 16.8. The van der Waals surface area contributed by atoms with Crippen LogP contribution in [0.2, 0.25) is 0 Å². The maximum absolute atomic E-state index is 13.1. The van der Waals surface area contributed by atoms with Crippen LogP contribution in [0.3, 0.4) is 0 Å². The minimum absolute atomic E-state index is 0.0536. The molecule has 1 aliphatic rings. The number of aromatic nitrogens is 1. The second-order valence-electron chi connectivity index (χ2n) is 7.53. The molecule has 28 heavy (non-hydrogen) atoms. The van der Waals surface area contributed by atoms with E-state index < -0.39 is 5.41 Å². The van der Waals surface area contributed by atoms with Crippen molar-refractivity contribution < 1.29 is 9.59 Å².